The molecule has 1 fully saturated rings. The Morgan fingerprint density at radius 2 is 1.87 bits per heavy atom. The van der Waals surface area contributed by atoms with Gasteiger partial charge in [0.05, 0.1) is 10.6 Å². The van der Waals surface area contributed by atoms with E-state index >= 15 is 0 Å². The molecule has 1 aliphatic carbocycles. The van der Waals surface area contributed by atoms with Gasteiger partial charge in [0.25, 0.3) is 5.69 Å². The molecule has 0 bridgehead atoms. The monoisotopic (exact) mass is 412 g/mol. The van der Waals surface area contributed by atoms with Crippen LogP contribution in [-0.4, -0.2) is 27.5 Å². The highest BCUT2D eigenvalue weighted by Crippen LogP contribution is 2.34. The zero-order valence-electron chi connectivity index (χ0n) is 17.2. The first-order valence-electron chi connectivity index (χ1n) is 10.3. The first kappa shape index (κ1) is 21.8. The highest BCUT2D eigenvalue weighted by Gasteiger charge is 2.26. The number of benzene rings is 2. The van der Waals surface area contributed by atoms with E-state index in [9.17, 15) is 20.3 Å². The Labute approximate surface area is 176 Å². The molecule has 0 radical (unpaired) electrons. The predicted molar refractivity (Wildman–Crippen MR) is 114 cm³/mol. The second kappa shape index (κ2) is 10.2. The molecule has 0 aliphatic heterocycles. The van der Waals surface area contributed by atoms with Gasteiger partial charge in [-0.1, -0.05) is 17.3 Å². The van der Waals surface area contributed by atoms with Crippen molar-refractivity contribution < 1.29 is 20.0 Å². The molecule has 0 spiro atoms. The normalized spacial score (nSPS) is 19.5. The summed E-state index contributed by atoms with van der Waals surface area (Å²) in [6.07, 6.45) is 4.81. The number of aromatic hydroxyl groups is 1. The third-order valence-electron chi connectivity index (χ3n) is 5.82. The molecule has 30 heavy (non-hydrogen) atoms. The van der Waals surface area contributed by atoms with Crippen molar-refractivity contribution in [2.75, 3.05) is 6.61 Å². The molecule has 0 amide bonds. The van der Waals surface area contributed by atoms with Crippen molar-refractivity contribution in [3.8, 4) is 5.75 Å². The Morgan fingerprint density at radius 3 is 2.47 bits per heavy atom. The third kappa shape index (κ3) is 5.57. The van der Waals surface area contributed by atoms with Crippen LogP contribution < -0.4 is 0 Å². The van der Waals surface area contributed by atoms with Crippen LogP contribution >= 0.6 is 0 Å². The minimum Gasteiger partial charge on any atom is -0.508 e. The smallest absolute Gasteiger partial charge is 0.269 e. The van der Waals surface area contributed by atoms with Gasteiger partial charge in [-0.05, 0) is 74.3 Å². The zero-order valence-corrected chi connectivity index (χ0v) is 17.2. The van der Waals surface area contributed by atoms with Gasteiger partial charge in [0, 0.05) is 30.2 Å². The summed E-state index contributed by atoms with van der Waals surface area (Å²) in [5.74, 6) is 0.989. The van der Waals surface area contributed by atoms with Crippen LogP contribution in [-0.2, 0) is 11.4 Å². The number of non-ortho nitro benzene ring substituents is 1. The molecule has 1 saturated carbocycles. The summed E-state index contributed by atoms with van der Waals surface area (Å²) in [4.78, 5) is 16.0. The summed E-state index contributed by atoms with van der Waals surface area (Å²) in [5.41, 5.74) is 3.29. The maximum absolute atomic E-state index is 10.8. The lowest BCUT2D eigenvalue weighted by molar-refractivity contribution is -0.384. The fourth-order valence-corrected chi connectivity index (χ4v) is 3.93. The van der Waals surface area contributed by atoms with Gasteiger partial charge < -0.3 is 15.1 Å². The Morgan fingerprint density at radius 1 is 1.17 bits per heavy atom. The molecule has 3 rings (SSSR count). The number of aryl methyl sites for hydroxylation is 1. The highest BCUT2D eigenvalue weighted by atomic mass is 16.6. The van der Waals surface area contributed by atoms with Crippen molar-refractivity contribution in [2.24, 2.45) is 17.0 Å². The number of phenolic OH excluding ortho intramolecular Hbond substituents is 1. The van der Waals surface area contributed by atoms with E-state index < -0.39 is 4.92 Å². The molecule has 0 aromatic heterocycles. The van der Waals surface area contributed by atoms with Gasteiger partial charge >= 0.3 is 0 Å². The largest absolute Gasteiger partial charge is 0.508 e. The summed E-state index contributed by atoms with van der Waals surface area (Å²) in [6, 6.07) is 11.8. The number of aliphatic hydroxyl groups excluding tert-OH is 1. The van der Waals surface area contributed by atoms with Crippen molar-refractivity contribution in [1.29, 1.82) is 0 Å². The fraction of sp³-hybridized carbons (Fsp3) is 0.435. The van der Waals surface area contributed by atoms with Crippen LogP contribution in [0.25, 0.3) is 0 Å². The van der Waals surface area contributed by atoms with Gasteiger partial charge in [-0.15, -0.1) is 0 Å². The van der Waals surface area contributed by atoms with Crippen molar-refractivity contribution in [1.82, 2.24) is 0 Å². The lowest BCUT2D eigenvalue weighted by Crippen LogP contribution is -2.23. The molecule has 2 aromatic carbocycles. The number of hydrogen-bond acceptors (Lipinski definition) is 6. The maximum Gasteiger partial charge on any atom is 0.269 e. The number of nitro groups is 1. The van der Waals surface area contributed by atoms with Gasteiger partial charge in [-0.3, -0.25) is 10.1 Å². The number of oxime groups is 1. The molecule has 7 heteroatoms. The molecule has 0 atom stereocenters. The van der Waals surface area contributed by atoms with Crippen LogP contribution in [0.3, 0.4) is 0 Å². The van der Waals surface area contributed by atoms with Gasteiger partial charge in [0.1, 0.15) is 12.4 Å². The molecule has 2 N–H and O–H groups in total. The first-order valence-corrected chi connectivity index (χ1v) is 10.3. The van der Waals surface area contributed by atoms with E-state index in [1.165, 1.54) is 12.1 Å². The van der Waals surface area contributed by atoms with Crippen LogP contribution in [0.4, 0.5) is 5.69 Å². The van der Waals surface area contributed by atoms with Gasteiger partial charge in [0.2, 0.25) is 0 Å². The Hall–Kier alpha value is -2.93. The number of aliphatic hydroxyl groups is 1. The van der Waals surface area contributed by atoms with Crippen LogP contribution in [0, 0.1) is 28.9 Å². The summed E-state index contributed by atoms with van der Waals surface area (Å²) < 4.78 is 0. The molecule has 1 aliphatic rings. The highest BCUT2D eigenvalue weighted by molar-refractivity contribution is 6.02. The van der Waals surface area contributed by atoms with Crippen LogP contribution in [0.2, 0.25) is 0 Å². The molecule has 0 unspecified atom stereocenters. The quantitative estimate of drug-likeness (QED) is 0.371. The lowest BCUT2D eigenvalue weighted by Gasteiger charge is -2.29. The van der Waals surface area contributed by atoms with Crippen molar-refractivity contribution in [2.45, 2.75) is 45.6 Å². The predicted octanol–water partition coefficient (Wildman–Crippen LogP) is 4.72. The van der Waals surface area contributed by atoms with Crippen molar-refractivity contribution in [3.63, 3.8) is 0 Å². The van der Waals surface area contributed by atoms with E-state index in [0.717, 1.165) is 54.5 Å². The van der Waals surface area contributed by atoms with E-state index in [0.29, 0.717) is 5.92 Å². The van der Waals surface area contributed by atoms with E-state index in [1.54, 1.807) is 18.2 Å². The molecule has 0 heterocycles. The summed E-state index contributed by atoms with van der Waals surface area (Å²) in [5, 5.41) is 34.6. The molecule has 0 saturated heterocycles. The topological polar surface area (TPSA) is 105 Å². The third-order valence-corrected chi connectivity index (χ3v) is 5.82. The standard InChI is InChI=1S/C23H28N2O5/c1-16-2-7-20(14-22(16)27)23(19-8-3-17(4-9-19)12-13-26)24-30-15-18-5-10-21(11-6-18)25(28)29/h2,5-7,10-11,14,17,19,26-27H,3-4,8-9,12-13,15H2,1H3/t17-,19+. The zero-order chi connectivity index (χ0) is 21.5. The van der Waals surface area contributed by atoms with Gasteiger partial charge in [-0.25, -0.2) is 0 Å². The Kier molecular flexibility index (Phi) is 7.41. The van der Waals surface area contributed by atoms with Crippen LogP contribution in [0.1, 0.15) is 48.8 Å². The summed E-state index contributed by atoms with van der Waals surface area (Å²) >= 11 is 0. The minimum absolute atomic E-state index is 0.0395. The number of hydrogen-bond donors (Lipinski definition) is 2. The number of phenols is 1. The Bertz CT molecular complexity index is 887. The number of rotatable bonds is 8. The molecule has 160 valence electrons. The first-order chi connectivity index (χ1) is 14.5. The summed E-state index contributed by atoms with van der Waals surface area (Å²) in [7, 11) is 0. The average Bonchev–Trinajstić information content (AvgIpc) is 2.75. The molecule has 2 aromatic rings. The summed E-state index contributed by atoms with van der Waals surface area (Å²) in [6.45, 7) is 2.28. The fourth-order valence-electron chi connectivity index (χ4n) is 3.93. The second-order valence-electron chi connectivity index (χ2n) is 7.90. The van der Waals surface area contributed by atoms with Crippen molar-refractivity contribution >= 4 is 11.4 Å². The molecular formula is C23H28N2O5. The van der Waals surface area contributed by atoms with Crippen LogP contribution in [0.15, 0.2) is 47.6 Å². The Balaban J connectivity index is 1.75. The van der Waals surface area contributed by atoms with Gasteiger partial charge in [-0.2, -0.15) is 0 Å². The average molecular weight is 412 g/mol. The van der Waals surface area contributed by atoms with E-state index in [-0.39, 0.29) is 30.6 Å². The lowest BCUT2D eigenvalue weighted by atomic mass is 9.77. The van der Waals surface area contributed by atoms with E-state index in [1.807, 2.05) is 19.1 Å². The second-order valence-corrected chi connectivity index (χ2v) is 7.90. The van der Waals surface area contributed by atoms with Gasteiger partial charge in [0.15, 0.2) is 0 Å². The minimum atomic E-state index is -0.433. The molecular weight excluding hydrogens is 384 g/mol. The number of nitro benzene ring substituents is 1. The van der Waals surface area contributed by atoms with Crippen LogP contribution in [0.5, 0.6) is 5.75 Å². The van der Waals surface area contributed by atoms with E-state index in [4.69, 9.17) is 4.84 Å². The molecule has 7 nitrogen and oxygen atoms in total. The van der Waals surface area contributed by atoms with E-state index in [2.05, 4.69) is 5.16 Å². The SMILES string of the molecule is Cc1ccc(C(=NOCc2ccc([N+](=O)[O-])cc2)[C@H]2CC[C@@H](CCO)CC2)cc1O. The van der Waals surface area contributed by atoms with Crippen molar-refractivity contribution in [3.05, 3.63) is 69.3 Å². The number of nitrogens with zero attached hydrogens (tertiary/aromatic N) is 2. The maximum atomic E-state index is 10.8.